The Bertz CT molecular complexity index is 646. The normalized spacial score (nSPS) is 18.4. The number of carbonyl (C=O) groups excluding carboxylic acids is 1. The summed E-state index contributed by atoms with van der Waals surface area (Å²) in [6.07, 6.45) is -0.171. The third-order valence-electron chi connectivity index (χ3n) is 4.12. The highest BCUT2D eigenvalue weighted by molar-refractivity contribution is 5.84. The van der Waals surface area contributed by atoms with Gasteiger partial charge in [0.05, 0.1) is 6.10 Å². The van der Waals surface area contributed by atoms with Crippen LogP contribution in [0.25, 0.3) is 0 Å². The summed E-state index contributed by atoms with van der Waals surface area (Å²) in [6.45, 7) is 1.25. The maximum Gasteiger partial charge on any atom is 0.326 e. The molecule has 170 valence electrons. The molecule has 11 nitrogen and oxygen atoms in total. The van der Waals surface area contributed by atoms with Gasteiger partial charge in [-0.1, -0.05) is 30.3 Å². The first-order valence-electron chi connectivity index (χ1n) is 9.50. The van der Waals surface area contributed by atoms with Gasteiger partial charge in [-0.15, -0.1) is 0 Å². The predicted molar refractivity (Wildman–Crippen MR) is 111 cm³/mol. The molecule has 0 aromatic heterocycles. The Hall–Kier alpha value is -2.57. The van der Waals surface area contributed by atoms with Crippen molar-refractivity contribution < 1.29 is 29.7 Å². The van der Waals surface area contributed by atoms with E-state index in [1.165, 1.54) is 10.5 Å². The average Bonchev–Trinajstić information content (AvgIpc) is 3.12. The molecular weight excluding hydrogens is 394 g/mol. The Morgan fingerprint density at radius 3 is 2.03 bits per heavy atom. The molecule has 1 aromatic carbocycles. The van der Waals surface area contributed by atoms with Crippen molar-refractivity contribution in [3.05, 3.63) is 35.9 Å². The number of hydrogen-bond donors (Lipinski definition) is 7. The number of carboxylic acids is 2. The lowest BCUT2D eigenvalue weighted by atomic mass is 10.2. The molecule has 1 aliphatic heterocycles. The fourth-order valence-corrected chi connectivity index (χ4v) is 2.51. The highest BCUT2D eigenvalue weighted by Crippen LogP contribution is 2.18. The Kier molecular flexibility index (Phi) is 14.0. The minimum Gasteiger partial charge on any atom is -0.480 e. The van der Waals surface area contributed by atoms with Crippen LogP contribution in [0.3, 0.4) is 0 Å². The van der Waals surface area contributed by atoms with E-state index in [9.17, 15) is 19.5 Å². The Labute approximate surface area is 175 Å². The summed E-state index contributed by atoms with van der Waals surface area (Å²) < 4.78 is 0. The van der Waals surface area contributed by atoms with Crippen LogP contribution in [0.5, 0.6) is 0 Å². The van der Waals surface area contributed by atoms with Crippen molar-refractivity contribution in [3.8, 4) is 0 Å². The van der Waals surface area contributed by atoms with Gasteiger partial charge in [-0.25, -0.2) is 4.79 Å². The molecule has 11 heteroatoms. The summed E-state index contributed by atoms with van der Waals surface area (Å²) in [4.78, 5) is 33.2. The van der Waals surface area contributed by atoms with Crippen molar-refractivity contribution in [1.82, 2.24) is 4.90 Å². The topological polar surface area (TPSA) is 219 Å². The minimum atomic E-state index is -1.08. The van der Waals surface area contributed by atoms with E-state index in [4.69, 9.17) is 33.1 Å². The van der Waals surface area contributed by atoms with Crippen LogP contribution in [0.1, 0.15) is 24.8 Å². The highest BCUT2D eigenvalue weighted by atomic mass is 16.4. The van der Waals surface area contributed by atoms with E-state index in [-0.39, 0.29) is 31.8 Å². The summed E-state index contributed by atoms with van der Waals surface area (Å²) in [7, 11) is 0. The fourth-order valence-electron chi connectivity index (χ4n) is 2.51. The van der Waals surface area contributed by atoms with Crippen LogP contribution in [0.4, 0.5) is 0 Å². The van der Waals surface area contributed by atoms with Crippen LogP contribution >= 0.6 is 0 Å². The fraction of sp³-hybridized carbons (Fsp3) is 0.526. The van der Waals surface area contributed by atoms with Crippen LogP contribution in [0, 0.1) is 0 Å². The first kappa shape index (κ1) is 27.4. The molecule has 3 atom stereocenters. The highest BCUT2D eigenvalue weighted by Gasteiger charge is 2.38. The number of aliphatic hydroxyl groups is 1. The van der Waals surface area contributed by atoms with Crippen molar-refractivity contribution in [3.63, 3.8) is 0 Å². The molecule has 1 saturated heterocycles. The SMILES string of the molecule is NCCC(=O)N1C[C@H](O)C[C@H]1C(=O)O.NCCC(N)C(=O)O.NCc1ccccc1. The van der Waals surface area contributed by atoms with E-state index in [0.29, 0.717) is 19.5 Å². The lowest BCUT2D eigenvalue weighted by Gasteiger charge is -2.20. The second-order valence-electron chi connectivity index (χ2n) is 6.54. The van der Waals surface area contributed by atoms with Gasteiger partial charge < -0.3 is 43.2 Å². The number of amides is 1. The molecule has 0 aliphatic carbocycles. The number of carbonyl (C=O) groups is 3. The largest absolute Gasteiger partial charge is 0.480 e. The van der Waals surface area contributed by atoms with Gasteiger partial charge in [0.25, 0.3) is 0 Å². The van der Waals surface area contributed by atoms with E-state index in [1.54, 1.807) is 0 Å². The lowest BCUT2D eigenvalue weighted by Crippen LogP contribution is -2.41. The molecular formula is C19H33N5O6. The molecule has 0 bridgehead atoms. The molecule has 0 radical (unpaired) electrons. The van der Waals surface area contributed by atoms with E-state index in [0.717, 1.165) is 0 Å². The quantitative estimate of drug-likeness (QED) is 0.261. The zero-order valence-electron chi connectivity index (χ0n) is 16.9. The average molecular weight is 428 g/mol. The second-order valence-corrected chi connectivity index (χ2v) is 6.54. The Morgan fingerprint density at radius 1 is 1.07 bits per heavy atom. The molecule has 11 N–H and O–H groups in total. The molecule has 0 saturated carbocycles. The molecule has 1 unspecified atom stereocenters. The van der Waals surface area contributed by atoms with E-state index < -0.39 is 30.1 Å². The number of likely N-dealkylation sites (tertiary alicyclic amines) is 1. The minimum absolute atomic E-state index is 0.0931. The zero-order chi connectivity index (χ0) is 23.1. The maximum atomic E-state index is 11.4. The van der Waals surface area contributed by atoms with Crippen LogP contribution in [-0.4, -0.2) is 75.9 Å². The molecule has 1 heterocycles. The second kappa shape index (κ2) is 15.3. The Balaban J connectivity index is 0.000000451. The van der Waals surface area contributed by atoms with Crippen LogP contribution in [-0.2, 0) is 20.9 Å². The van der Waals surface area contributed by atoms with Gasteiger partial charge in [0.1, 0.15) is 12.1 Å². The summed E-state index contributed by atoms with van der Waals surface area (Å²) in [6, 6.07) is 8.30. The summed E-state index contributed by atoms with van der Waals surface area (Å²) in [5.74, 6) is -2.38. The number of nitrogens with zero attached hydrogens (tertiary/aromatic N) is 1. The number of benzene rings is 1. The number of hydrogen-bond acceptors (Lipinski definition) is 8. The van der Waals surface area contributed by atoms with E-state index in [2.05, 4.69) is 0 Å². The maximum absolute atomic E-state index is 11.4. The number of β-amino-alcohol motifs (C(OH)–C–C–N with tert-alkyl or cyclic N) is 1. The van der Waals surface area contributed by atoms with Crippen molar-refractivity contribution in [2.75, 3.05) is 19.6 Å². The van der Waals surface area contributed by atoms with Gasteiger partial charge in [0.2, 0.25) is 5.91 Å². The van der Waals surface area contributed by atoms with Crippen LogP contribution < -0.4 is 22.9 Å². The molecule has 30 heavy (non-hydrogen) atoms. The van der Waals surface area contributed by atoms with Crippen molar-refractivity contribution >= 4 is 17.8 Å². The number of aliphatic carboxylic acids is 2. The molecule has 1 aromatic rings. The van der Waals surface area contributed by atoms with E-state index >= 15 is 0 Å². The first-order chi connectivity index (χ1) is 14.2. The van der Waals surface area contributed by atoms with Crippen LogP contribution in [0.15, 0.2) is 30.3 Å². The van der Waals surface area contributed by atoms with Gasteiger partial charge in [0, 0.05) is 32.5 Å². The van der Waals surface area contributed by atoms with Gasteiger partial charge in [-0.05, 0) is 18.5 Å². The summed E-state index contributed by atoms with van der Waals surface area (Å²) in [5.41, 5.74) is 21.8. The number of nitrogens with two attached hydrogens (primary N) is 4. The predicted octanol–water partition coefficient (Wildman–Crippen LogP) is -1.73. The standard InChI is InChI=1S/C8H14N2O4.C7H9N.C4H10N2O2/c9-2-1-7(12)10-4-5(11)3-6(10)8(13)14;8-6-7-4-2-1-3-5-7;5-2-1-3(6)4(7)8/h5-6,11H,1-4,9H2,(H,13,14);1-5H,6,8H2;3H,1-2,5-6H2,(H,7,8)/t5-,6+;;/m1../s1. The van der Waals surface area contributed by atoms with Gasteiger partial charge in [0.15, 0.2) is 0 Å². The van der Waals surface area contributed by atoms with Crippen molar-refractivity contribution in [2.24, 2.45) is 22.9 Å². The number of aliphatic hydroxyl groups excluding tert-OH is 1. The van der Waals surface area contributed by atoms with Gasteiger partial charge in [-0.2, -0.15) is 0 Å². The van der Waals surface area contributed by atoms with Crippen molar-refractivity contribution in [1.29, 1.82) is 0 Å². The molecule has 1 fully saturated rings. The van der Waals surface area contributed by atoms with Gasteiger partial charge >= 0.3 is 11.9 Å². The smallest absolute Gasteiger partial charge is 0.326 e. The summed E-state index contributed by atoms with van der Waals surface area (Å²) in [5, 5.41) is 26.2. The molecule has 0 spiro atoms. The zero-order valence-corrected chi connectivity index (χ0v) is 16.9. The van der Waals surface area contributed by atoms with Gasteiger partial charge in [-0.3, -0.25) is 9.59 Å². The lowest BCUT2D eigenvalue weighted by molar-refractivity contribution is -0.148. The third-order valence-corrected chi connectivity index (χ3v) is 4.12. The first-order valence-corrected chi connectivity index (χ1v) is 9.50. The molecule has 1 amide bonds. The number of rotatable bonds is 7. The van der Waals surface area contributed by atoms with Crippen molar-refractivity contribution in [2.45, 2.75) is 44.0 Å². The van der Waals surface area contributed by atoms with Crippen LogP contribution in [0.2, 0.25) is 0 Å². The number of carboxylic acid groups (broad SMARTS) is 2. The Morgan fingerprint density at radius 2 is 1.67 bits per heavy atom. The van der Waals surface area contributed by atoms with E-state index in [1.807, 2.05) is 30.3 Å². The monoisotopic (exact) mass is 427 g/mol. The summed E-state index contributed by atoms with van der Waals surface area (Å²) >= 11 is 0. The molecule has 1 aliphatic rings. The third kappa shape index (κ3) is 10.8. The molecule has 2 rings (SSSR count).